The first-order valence-corrected chi connectivity index (χ1v) is 5.91. The first kappa shape index (κ1) is 14.6. The highest BCUT2D eigenvalue weighted by Crippen LogP contribution is 2.20. The Hall–Kier alpha value is -1.51. The molecule has 100 valence electrons. The molecule has 0 aromatic rings. The monoisotopic (exact) mass is 276 g/mol. The Morgan fingerprint density at radius 2 is 1.44 bits per heavy atom. The molecule has 0 N–H and O–H groups in total. The molecule has 1 rings (SSSR count). The Bertz CT molecular complexity index is 344. The van der Waals surface area contributed by atoms with Gasteiger partial charge in [0.25, 0.3) is 0 Å². The van der Waals surface area contributed by atoms with Crippen LogP contribution in [0.15, 0.2) is 25.3 Å². The van der Waals surface area contributed by atoms with Crippen LogP contribution in [0.3, 0.4) is 0 Å². The lowest BCUT2D eigenvalue weighted by molar-refractivity contribution is -0.162. The molecule has 1 fully saturated rings. The highest BCUT2D eigenvalue weighted by Gasteiger charge is 2.47. The minimum absolute atomic E-state index is 0.0558. The maximum absolute atomic E-state index is 11.5. The van der Waals surface area contributed by atoms with Crippen molar-refractivity contribution in [2.24, 2.45) is 0 Å². The summed E-state index contributed by atoms with van der Waals surface area (Å²) in [6, 6.07) is 0. The highest BCUT2D eigenvalue weighted by atomic mass is 32.2. The van der Waals surface area contributed by atoms with Crippen molar-refractivity contribution in [3.63, 3.8) is 0 Å². The van der Waals surface area contributed by atoms with Gasteiger partial charge in [0, 0.05) is 0 Å². The first-order valence-electron chi connectivity index (χ1n) is 4.91. The third-order valence-corrected chi connectivity index (χ3v) is 2.52. The molecule has 7 nitrogen and oxygen atoms in total. The van der Waals surface area contributed by atoms with Crippen LogP contribution in [0.25, 0.3) is 0 Å². The number of carbonyl (C=O) groups is 2. The Morgan fingerprint density at radius 1 is 1.06 bits per heavy atom. The van der Waals surface area contributed by atoms with Crippen LogP contribution in [0.1, 0.15) is 0 Å². The number of carbonyl (C=O) groups excluding carboxylic acids is 2. The number of hydrogen-bond acceptors (Lipinski definition) is 7. The quantitative estimate of drug-likeness (QED) is 0.490. The fourth-order valence-electron chi connectivity index (χ4n) is 1.07. The summed E-state index contributed by atoms with van der Waals surface area (Å²) in [4.78, 5) is 23.0. The van der Waals surface area contributed by atoms with Gasteiger partial charge in [-0.1, -0.05) is 25.3 Å². The minimum atomic E-state index is -2.19. The van der Waals surface area contributed by atoms with E-state index >= 15 is 0 Å². The van der Waals surface area contributed by atoms with Crippen molar-refractivity contribution in [2.45, 2.75) is 12.2 Å². The molecule has 1 aliphatic heterocycles. The highest BCUT2D eigenvalue weighted by molar-refractivity contribution is 7.75. The molecule has 2 atom stereocenters. The van der Waals surface area contributed by atoms with E-state index in [0.29, 0.717) is 0 Å². The SMILES string of the molecule is C=CCOC(=O)[C@@H]1OS(=O)O[C@H]1C(=O)OCC=C. The standard InChI is InChI=1S/C10H12O7S/c1-3-5-14-9(11)7-8(17-18(13)16-7)10(12)15-6-4-2/h3-4,7-8H,1-2,5-6H2/t7-,8-/m1/s1. The molecule has 0 aromatic heterocycles. The Morgan fingerprint density at radius 3 is 1.78 bits per heavy atom. The van der Waals surface area contributed by atoms with Crippen molar-refractivity contribution in [1.29, 1.82) is 0 Å². The molecular formula is C10H12O7S. The van der Waals surface area contributed by atoms with E-state index in [4.69, 9.17) is 0 Å². The molecule has 1 heterocycles. The van der Waals surface area contributed by atoms with E-state index in [1.807, 2.05) is 0 Å². The molecule has 0 aromatic carbocycles. The predicted octanol–water partition coefficient (Wildman–Crippen LogP) is -0.193. The maximum Gasteiger partial charge on any atom is 0.340 e. The zero-order valence-corrected chi connectivity index (χ0v) is 10.2. The van der Waals surface area contributed by atoms with Gasteiger partial charge in [-0.05, 0) is 0 Å². The summed E-state index contributed by atoms with van der Waals surface area (Å²) in [6.45, 7) is 6.60. The van der Waals surface area contributed by atoms with E-state index in [1.54, 1.807) is 0 Å². The maximum atomic E-state index is 11.5. The minimum Gasteiger partial charge on any atom is -0.459 e. The van der Waals surface area contributed by atoms with Crippen LogP contribution in [-0.4, -0.2) is 41.6 Å². The summed E-state index contributed by atoms with van der Waals surface area (Å²) in [5.41, 5.74) is 0. The summed E-state index contributed by atoms with van der Waals surface area (Å²) >= 11 is -2.19. The number of ether oxygens (including phenoxy) is 2. The largest absolute Gasteiger partial charge is 0.459 e. The molecule has 0 saturated carbocycles. The summed E-state index contributed by atoms with van der Waals surface area (Å²) in [6.07, 6.45) is -0.142. The van der Waals surface area contributed by atoms with Crippen molar-refractivity contribution < 1.29 is 31.6 Å². The van der Waals surface area contributed by atoms with E-state index in [9.17, 15) is 13.8 Å². The lowest BCUT2D eigenvalue weighted by Gasteiger charge is -2.12. The lowest BCUT2D eigenvalue weighted by Crippen LogP contribution is -2.39. The Balaban J connectivity index is 2.66. The average Bonchev–Trinajstić information content (AvgIpc) is 2.75. The van der Waals surface area contributed by atoms with Crippen LogP contribution in [0.5, 0.6) is 0 Å². The van der Waals surface area contributed by atoms with Crippen LogP contribution in [0.4, 0.5) is 0 Å². The molecule has 0 bridgehead atoms. The van der Waals surface area contributed by atoms with Crippen molar-refractivity contribution >= 4 is 23.3 Å². The van der Waals surface area contributed by atoms with Gasteiger partial charge >= 0.3 is 23.3 Å². The molecule has 0 spiro atoms. The molecule has 0 aliphatic carbocycles. The van der Waals surface area contributed by atoms with Gasteiger partial charge < -0.3 is 9.47 Å². The number of hydrogen-bond donors (Lipinski definition) is 0. The fourth-order valence-corrected chi connectivity index (χ4v) is 1.81. The third-order valence-electron chi connectivity index (χ3n) is 1.79. The molecule has 0 unspecified atom stereocenters. The zero-order chi connectivity index (χ0) is 13.5. The molecule has 0 amide bonds. The van der Waals surface area contributed by atoms with Crippen molar-refractivity contribution in [1.82, 2.24) is 0 Å². The van der Waals surface area contributed by atoms with E-state index in [0.717, 1.165) is 0 Å². The Labute approximate surface area is 106 Å². The zero-order valence-electron chi connectivity index (χ0n) is 9.40. The van der Waals surface area contributed by atoms with Gasteiger partial charge in [0.1, 0.15) is 13.2 Å². The van der Waals surface area contributed by atoms with Gasteiger partial charge in [-0.25, -0.2) is 18.0 Å². The third kappa shape index (κ3) is 3.76. The van der Waals surface area contributed by atoms with Crippen LogP contribution in [0.2, 0.25) is 0 Å². The smallest absolute Gasteiger partial charge is 0.340 e. The number of esters is 2. The molecule has 8 heteroatoms. The van der Waals surface area contributed by atoms with Gasteiger partial charge in [-0.2, -0.15) is 4.21 Å². The average molecular weight is 276 g/mol. The van der Waals surface area contributed by atoms with Gasteiger partial charge in [-0.15, -0.1) is 0 Å². The second kappa shape index (κ2) is 7.04. The van der Waals surface area contributed by atoms with Crippen LogP contribution < -0.4 is 0 Å². The van der Waals surface area contributed by atoms with Gasteiger partial charge in [0.15, 0.2) is 0 Å². The van der Waals surface area contributed by atoms with E-state index in [1.165, 1.54) is 12.2 Å². The van der Waals surface area contributed by atoms with Crippen molar-refractivity contribution in [2.75, 3.05) is 13.2 Å². The van der Waals surface area contributed by atoms with E-state index in [2.05, 4.69) is 31.0 Å². The summed E-state index contributed by atoms with van der Waals surface area (Å²) in [7, 11) is 0. The summed E-state index contributed by atoms with van der Waals surface area (Å²) < 4.78 is 29.7. The fraction of sp³-hybridized carbons (Fsp3) is 0.400. The Kier molecular flexibility index (Phi) is 5.69. The van der Waals surface area contributed by atoms with Crippen molar-refractivity contribution in [3.05, 3.63) is 25.3 Å². The second-order valence-corrected chi connectivity index (χ2v) is 3.87. The predicted molar refractivity (Wildman–Crippen MR) is 60.2 cm³/mol. The van der Waals surface area contributed by atoms with Gasteiger partial charge in [0.05, 0.1) is 0 Å². The second-order valence-electron chi connectivity index (χ2n) is 3.08. The molecule has 1 saturated heterocycles. The molecule has 0 radical (unpaired) electrons. The summed E-state index contributed by atoms with van der Waals surface area (Å²) in [5.74, 6) is -1.75. The number of rotatable bonds is 6. The van der Waals surface area contributed by atoms with Crippen LogP contribution in [-0.2, 0) is 38.8 Å². The molecular weight excluding hydrogens is 264 g/mol. The van der Waals surface area contributed by atoms with E-state index < -0.39 is 35.5 Å². The van der Waals surface area contributed by atoms with Crippen molar-refractivity contribution in [3.8, 4) is 0 Å². The van der Waals surface area contributed by atoms with E-state index in [-0.39, 0.29) is 13.2 Å². The lowest BCUT2D eigenvalue weighted by atomic mass is 10.2. The summed E-state index contributed by atoms with van der Waals surface area (Å²) in [5, 5.41) is 0. The van der Waals surface area contributed by atoms with Crippen LogP contribution >= 0.6 is 0 Å². The van der Waals surface area contributed by atoms with Gasteiger partial charge in [-0.3, -0.25) is 0 Å². The van der Waals surface area contributed by atoms with Gasteiger partial charge in [0.2, 0.25) is 12.2 Å². The molecule has 1 aliphatic rings. The molecule has 18 heavy (non-hydrogen) atoms. The topological polar surface area (TPSA) is 88.1 Å². The van der Waals surface area contributed by atoms with Crippen LogP contribution in [0, 0.1) is 0 Å². The normalized spacial score (nSPS) is 23.3. The first-order chi connectivity index (χ1) is 8.60.